The first-order valence-electron chi connectivity index (χ1n) is 8.71. The molecule has 0 spiro atoms. The molecule has 1 saturated heterocycles. The molecular weight excluding hydrogens is 334 g/mol. The quantitative estimate of drug-likeness (QED) is 0.828. The van der Waals surface area contributed by atoms with Crippen molar-refractivity contribution in [1.82, 2.24) is 15.5 Å². The Balaban J connectivity index is 1.54. The molecule has 0 saturated carbocycles. The monoisotopic (exact) mass is 359 g/mol. The van der Waals surface area contributed by atoms with Crippen LogP contribution in [0.1, 0.15) is 42.9 Å². The van der Waals surface area contributed by atoms with E-state index in [1.165, 1.54) is 0 Å². The second-order valence-electron chi connectivity index (χ2n) is 7.02. The van der Waals surface area contributed by atoms with E-state index in [4.69, 9.17) is 14.2 Å². The highest BCUT2D eigenvalue weighted by atomic mass is 16.5. The Bertz CT molecular complexity index is 757. The fourth-order valence-corrected chi connectivity index (χ4v) is 3.02. The van der Waals surface area contributed by atoms with E-state index in [0.29, 0.717) is 18.1 Å². The molecule has 1 fully saturated rings. The molecule has 2 aromatic rings. The molecule has 1 aromatic heterocycles. The van der Waals surface area contributed by atoms with Gasteiger partial charge in [0.25, 0.3) is 5.91 Å². The van der Waals surface area contributed by atoms with Gasteiger partial charge in [-0.05, 0) is 44.9 Å². The summed E-state index contributed by atoms with van der Waals surface area (Å²) in [6, 6.07) is 9.16. The van der Waals surface area contributed by atoms with Gasteiger partial charge in [0.05, 0.1) is 18.4 Å². The minimum atomic E-state index is -0.211. The highest BCUT2D eigenvalue weighted by Crippen LogP contribution is 2.24. The minimum Gasteiger partial charge on any atom is -0.497 e. The van der Waals surface area contributed by atoms with Gasteiger partial charge in [-0.3, -0.25) is 9.89 Å². The van der Waals surface area contributed by atoms with Gasteiger partial charge in [0, 0.05) is 18.7 Å². The number of nitrogens with zero attached hydrogens (tertiary/aromatic N) is 1. The van der Waals surface area contributed by atoms with Crippen LogP contribution in [0.2, 0.25) is 0 Å². The zero-order chi connectivity index (χ0) is 18.6. The van der Waals surface area contributed by atoms with E-state index in [0.717, 1.165) is 24.3 Å². The van der Waals surface area contributed by atoms with Crippen LogP contribution in [0.25, 0.3) is 0 Å². The van der Waals surface area contributed by atoms with Gasteiger partial charge in [-0.2, -0.15) is 5.10 Å². The summed E-state index contributed by atoms with van der Waals surface area (Å²) in [6.07, 6.45) is 1.60. The molecule has 1 amide bonds. The molecule has 7 heteroatoms. The molecule has 26 heavy (non-hydrogen) atoms. The summed E-state index contributed by atoms with van der Waals surface area (Å²) in [4.78, 5) is 12.4. The maximum Gasteiger partial charge on any atom is 0.271 e. The fraction of sp³-hybridized carbons (Fsp3) is 0.474. The SMILES string of the molecule is COc1cccc(OCc2cc(C(=O)N[C@H]3CCOC(C)(C)C3)n[nH]2)c1. The Labute approximate surface area is 153 Å². The molecule has 1 aromatic carbocycles. The Kier molecular flexibility index (Phi) is 5.46. The fourth-order valence-electron chi connectivity index (χ4n) is 3.02. The van der Waals surface area contributed by atoms with Crippen molar-refractivity contribution >= 4 is 5.91 Å². The predicted molar refractivity (Wildman–Crippen MR) is 96.4 cm³/mol. The number of aromatic nitrogens is 2. The summed E-state index contributed by atoms with van der Waals surface area (Å²) in [5.41, 5.74) is 0.876. The van der Waals surface area contributed by atoms with Crippen molar-refractivity contribution in [2.45, 2.75) is 44.9 Å². The summed E-state index contributed by atoms with van der Waals surface area (Å²) in [5, 5.41) is 9.97. The number of amides is 1. The number of carbonyl (C=O) groups excluding carboxylic acids is 1. The lowest BCUT2D eigenvalue weighted by Crippen LogP contribution is -2.45. The summed E-state index contributed by atoms with van der Waals surface area (Å²) in [7, 11) is 1.61. The topological polar surface area (TPSA) is 85.5 Å². The highest BCUT2D eigenvalue weighted by molar-refractivity contribution is 5.92. The molecule has 2 heterocycles. The highest BCUT2D eigenvalue weighted by Gasteiger charge is 2.30. The number of methoxy groups -OCH3 is 1. The molecule has 0 bridgehead atoms. The van der Waals surface area contributed by atoms with Crippen LogP contribution in [0.4, 0.5) is 0 Å². The van der Waals surface area contributed by atoms with E-state index in [2.05, 4.69) is 15.5 Å². The molecular formula is C19H25N3O4. The number of hydrogen-bond acceptors (Lipinski definition) is 5. The van der Waals surface area contributed by atoms with Crippen molar-refractivity contribution in [2.24, 2.45) is 0 Å². The van der Waals surface area contributed by atoms with E-state index < -0.39 is 0 Å². The third-order valence-electron chi connectivity index (χ3n) is 4.33. The maximum absolute atomic E-state index is 12.4. The zero-order valence-electron chi connectivity index (χ0n) is 15.4. The third kappa shape index (κ3) is 4.76. The first-order chi connectivity index (χ1) is 12.4. The van der Waals surface area contributed by atoms with Crippen molar-refractivity contribution in [3.8, 4) is 11.5 Å². The number of hydrogen-bond donors (Lipinski definition) is 2. The Morgan fingerprint density at radius 1 is 1.38 bits per heavy atom. The lowest BCUT2D eigenvalue weighted by molar-refractivity contribution is -0.0615. The summed E-state index contributed by atoms with van der Waals surface area (Å²) >= 11 is 0. The van der Waals surface area contributed by atoms with Crippen LogP contribution < -0.4 is 14.8 Å². The smallest absolute Gasteiger partial charge is 0.271 e. The number of benzene rings is 1. The molecule has 0 aliphatic carbocycles. The molecule has 0 unspecified atom stereocenters. The van der Waals surface area contributed by atoms with Crippen LogP contribution >= 0.6 is 0 Å². The zero-order valence-corrected chi connectivity index (χ0v) is 15.4. The summed E-state index contributed by atoms with van der Waals surface area (Å²) < 4.78 is 16.6. The molecule has 1 aliphatic heterocycles. The lowest BCUT2D eigenvalue weighted by Gasteiger charge is -2.35. The normalized spacial score (nSPS) is 19.0. The van der Waals surface area contributed by atoms with E-state index in [1.54, 1.807) is 19.2 Å². The molecule has 3 rings (SSSR count). The number of nitrogens with one attached hydrogen (secondary N) is 2. The van der Waals surface area contributed by atoms with Gasteiger partial charge in [-0.15, -0.1) is 0 Å². The van der Waals surface area contributed by atoms with E-state index >= 15 is 0 Å². The van der Waals surface area contributed by atoms with Crippen LogP contribution in [0.5, 0.6) is 11.5 Å². The second-order valence-corrected chi connectivity index (χ2v) is 7.02. The standard InChI is InChI=1S/C19H25N3O4/c1-19(2)11-13(7-8-26-19)20-18(23)17-9-14(21-22-17)12-25-16-6-4-5-15(10-16)24-3/h4-6,9-10,13H,7-8,11-12H2,1-3H3,(H,20,23)(H,21,22)/t13-/m0/s1. The van der Waals surface area contributed by atoms with Gasteiger partial charge >= 0.3 is 0 Å². The van der Waals surface area contributed by atoms with Crippen LogP contribution in [0.15, 0.2) is 30.3 Å². The van der Waals surface area contributed by atoms with Crippen molar-refractivity contribution in [1.29, 1.82) is 0 Å². The van der Waals surface area contributed by atoms with Gasteiger partial charge < -0.3 is 19.5 Å². The van der Waals surface area contributed by atoms with Crippen molar-refractivity contribution in [3.05, 3.63) is 41.7 Å². The Morgan fingerprint density at radius 3 is 2.96 bits per heavy atom. The van der Waals surface area contributed by atoms with Crippen LogP contribution in [0.3, 0.4) is 0 Å². The molecule has 1 aliphatic rings. The average Bonchev–Trinajstić information content (AvgIpc) is 3.08. The largest absolute Gasteiger partial charge is 0.497 e. The van der Waals surface area contributed by atoms with Gasteiger partial charge in [0.2, 0.25) is 0 Å². The lowest BCUT2D eigenvalue weighted by atomic mass is 9.94. The van der Waals surface area contributed by atoms with E-state index in [-0.39, 0.29) is 24.2 Å². The van der Waals surface area contributed by atoms with Gasteiger partial charge in [-0.1, -0.05) is 6.07 Å². The van der Waals surface area contributed by atoms with Gasteiger partial charge in [0.1, 0.15) is 23.8 Å². The molecule has 1 atom stereocenters. The molecule has 7 nitrogen and oxygen atoms in total. The number of carbonyl (C=O) groups is 1. The average molecular weight is 359 g/mol. The minimum absolute atomic E-state index is 0.0967. The van der Waals surface area contributed by atoms with E-state index in [9.17, 15) is 4.79 Å². The molecule has 0 radical (unpaired) electrons. The van der Waals surface area contributed by atoms with Gasteiger partial charge in [0.15, 0.2) is 0 Å². The third-order valence-corrected chi connectivity index (χ3v) is 4.33. The Morgan fingerprint density at radius 2 is 2.19 bits per heavy atom. The summed E-state index contributed by atoms with van der Waals surface area (Å²) in [5.74, 6) is 1.23. The van der Waals surface area contributed by atoms with Crippen LogP contribution in [0, 0.1) is 0 Å². The van der Waals surface area contributed by atoms with Crippen LogP contribution in [-0.2, 0) is 11.3 Å². The molecule has 140 valence electrons. The van der Waals surface area contributed by atoms with E-state index in [1.807, 2.05) is 32.0 Å². The first kappa shape index (κ1) is 18.3. The summed E-state index contributed by atoms with van der Waals surface area (Å²) in [6.45, 7) is 5.01. The number of H-pyrrole nitrogens is 1. The number of aromatic amines is 1. The van der Waals surface area contributed by atoms with Crippen molar-refractivity contribution in [3.63, 3.8) is 0 Å². The Hall–Kier alpha value is -2.54. The van der Waals surface area contributed by atoms with Crippen molar-refractivity contribution in [2.75, 3.05) is 13.7 Å². The number of rotatable bonds is 6. The predicted octanol–water partition coefficient (Wildman–Crippen LogP) is 2.68. The van der Waals surface area contributed by atoms with Crippen LogP contribution in [-0.4, -0.2) is 41.5 Å². The second kappa shape index (κ2) is 7.78. The molecule has 2 N–H and O–H groups in total. The maximum atomic E-state index is 12.4. The first-order valence-corrected chi connectivity index (χ1v) is 8.71. The number of ether oxygens (including phenoxy) is 3. The van der Waals surface area contributed by atoms with Gasteiger partial charge in [-0.25, -0.2) is 0 Å². The van der Waals surface area contributed by atoms with Crippen molar-refractivity contribution < 1.29 is 19.0 Å².